The topological polar surface area (TPSA) is 66.5 Å². The van der Waals surface area contributed by atoms with Crippen molar-refractivity contribution in [1.82, 2.24) is 15.2 Å². The molecule has 1 aromatic heterocycles. The standard InChI is InChI=1S/C15H24N4O2/c1-11(2)18-15(20)13-10-21-8-7-19(13)9-12-5-4-6-17-14(12)16-3/h4-6,11,13H,7-10H2,1-3H3,(H,16,17)(H,18,20). The van der Waals surface area contributed by atoms with Crippen LogP contribution in [0.1, 0.15) is 19.4 Å². The molecule has 116 valence electrons. The maximum Gasteiger partial charge on any atom is 0.239 e. The molecule has 21 heavy (non-hydrogen) atoms. The Morgan fingerprint density at radius 2 is 2.38 bits per heavy atom. The summed E-state index contributed by atoms with van der Waals surface area (Å²) in [4.78, 5) is 18.8. The Hall–Kier alpha value is -1.66. The summed E-state index contributed by atoms with van der Waals surface area (Å²) in [5.74, 6) is 0.881. The molecule has 1 amide bonds. The molecule has 0 spiro atoms. The van der Waals surface area contributed by atoms with Crippen LogP contribution >= 0.6 is 0 Å². The van der Waals surface area contributed by atoms with Gasteiger partial charge in [-0.25, -0.2) is 4.98 Å². The predicted molar refractivity (Wildman–Crippen MR) is 82.1 cm³/mol. The quantitative estimate of drug-likeness (QED) is 0.842. The number of rotatable bonds is 5. The van der Waals surface area contributed by atoms with Crippen LogP contribution in [0.5, 0.6) is 0 Å². The summed E-state index contributed by atoms with van der Waals surface area (Å²) < 4.78 is 5.48. The molecular weight excluding hydrogens is 268 g/mol. The molecule has 0 saturated carbocycles. The number of carbonyl (C=O) groups excluding carboxylic acids is 1. The fourth-order valence-electron chi connectivity index (χ4n) is 2.46. The van der Waals surface area contributed by atoms with Crippen molar-refractivity contribution in [2.45, 2.75) is 32.5 Å². The molecule has 0 aromatic carbocycles. The highest BCUT2D eigenvalue weighted by molar-refractivity contribution is 5.82. The molecule has 0 bridgehead atoms. The molecule has 1 aromatic rings. The Kier molecular flexibility index (Phi) is 5.52. The number of pyridine rings is 1. The van der Waals surface area contributed by atoms with E-state index in [4.69, 9.17) is 4.74 Å². The lowest BCUT2D eigenvalue weighted by Crippen LogP contribution is -2.54. The number of ether oxygens (including phenoxy) is 1. The van der Waals surface area contributed by atoms with Crippen molar-refractivity contribution in [3.63, 3.8) is 0 Å². The van der Waals surface area contributed by atoms with Crippen LogP contribution in [0.4, 0.5) is 5.82 Å². The van der Waals surface area contributed by atoms with Crippen LogP contribution in [0.15, 0.2) is 18.3 Å². The number of amides is 1. The summed E-state index contributed by atoms with van der Waals surface area (Å²) in [5.41, 5.74) is 1.09. The molecule has 1 aliphatic heterocycles. The van der Waals surface area contributed by atoms with E-state index in [9.17, 15) is 4.79 Å². The molecule has 0 aliphatic carbocycles. The van der Waals surface area contributed by atoms with Crippen LogP contribution in [-0.2, 0) is 16.1 Å². The Bertz CT molecular complexity index is 478. The van der Waals surface area contributed by atoms with Crippen LogP contribution in [0.3, 0.4) is 0 Å². The van der Waals surface area contributed by atoms with Crippen molar-refractivity contribution < 1.29 is 9.53 Å². The van der Waals surface area contributed by atoms with Gasteiger partial charge in [0.2, 0.25) is 5.91 Å². The lowest BCUT2D eigenvalue weighted by Gasteiger charge is -2.35. The molecule has 2 rings (SSSR count). The summed E-state index contributed by atoms with van der Waals surface area (Å²) in [6.07, 6.45) is 1.76. The van der Waals surface area contributed by atoms with Crippen molar-refractivity contribution >= 4 is 11.7 Å². The van der Waals surface area contributed by atoms with Crippen molar-refractivity contribution in [1.29, 1.82) is 0 Å². The number of aromatic nitrogens is 1. The summed E-state index contributed by atoms with van der Waals surface area (Å²) >= 11 is 0. The molecule has 1 saturated heterocycles. The van der Waals surface area contributed by atoms with Gasteiger partial charge in [-0.1, -0.05) is 6.07 Å². The number of carbonyl (C=O) groups is 1. The highest BCUT2D eigenvalue weighted by Crippen LogP contribution is 2.17. The lowest BCUT2D eigenvalue weighted by molar-refractivity contribution is -0.133. The summed E-state index contributed by atoms with van der Waals surface area (Å²) in [5, 5.41) is 6.06. The smallest absolute Gasteiger partial charge is 0.239 e. The zero-order valence-electron chi connectivity index (χ0n) is 12.9. The molecule has 2 heterocycles. The monoisotopic (exact) mass is 292 g/mol. The van der Waals surface area contributed by atoms with Gasteiger partial charge in [-0.2, -0.15) is 0 Å². The molecule has 1 fully saturated rings. The zero-order chi connectivity index (χ0) is 15.2. The van der Waals surface area contributed by atoms with Crippen LogP contribution < -0.4 is 10.6 Å². The molecule has 1 aliphatic rings. The molecule has 1 atom stereocenters. The average molecular weight is 292 g/mol. The van der Waals surface area contributed by atoms with E-state index in [0.717, 1.165) is 17.9 Å². The Labute approximate surface area is 125 Å². The molecular formula is C15H24N4O2. The van der Waals surface area contributed by atoms with E-state index >= 15 is 0 Å². The number of nitrogens with one attached hydrogen (secondary N) is 2. The van der Waals surface area contributed by atoms with Gasteiger partial charge in [-0.3, -0.25) is 9.69 Å². The number of hydrogen-bond donors (Lipinski definition) is 2. The van der Waals surface area contributed by atoms with Gasteiger partial charge in [-0.15, -0.1) is 0 Å². The lowest BCUT2D eigenvalue weighted by atomic mass is 10.1. The number of hydrogen-bond acceptors (Lipinski definition) is 5. The second-order valence-corrected chi connectivity index (χ2v) is 5.49. The Morgan fingerprint density at radius 3 is 3.10 bits per heavy atom. The minimum atomic E-state index is -0.244. The van der Waals surface area contributed by atoms with Gasteiger partial charge < -0.3 is 15.4 Å². The number of anilines is 1. The van der Waals surface area contributed by atoms with E-state index in [-0.39, 0.29) is 18.0 Å². The maximum absolute atomic E-state index is 12.3. The van der Waals surface area contributed by atoms with Crippen molar-refractivity contribution in [3.8, 4) is 0 Å². The van der Waals surface area contributed by atoms with E-state index in [1.165, 1.54) is 0 Å². The first-order valence-corrected chi connectivity index (χ1v) is 7.35. The Morgan fingerprint density at radius 1 is 1.57 bits per heavy atom. The fraction of sp³-hybridized carbons (Fsp3) is 0.600. The van der Waals surface area contributed by atoms with Crippen LogP contribution in [0, 0.1) is 0 Å². The van der Waals surface area contributed by atoms with Gasteiger partial charge in [-0.05, 0) is 19.9 Å². The van der Waals surface area contributed by atoms with E-state index < -0.39 is 0 Å². The van der Waals surface area contributed by atoms with E-state index in [1.807, 2.05) is 33.0 Å². The molecule has 0 radical (unpaired) electrons. The highest BCUT2D eigenvalue weighted by atomic mass is 16.5. The Balaban J connectivity index is 2.10. The van der Waals surface area contributed by atoms with Crippen molar-refractivity contribution in [3.05, 3.63) is 23.9 Å². The van der Waals surface area contributed by atoms with Crippen molar-refractivity contribution in [2.24, 2.45) is 0 Å². The van der Waals surface area contributed by atoms with Crippen LogP contribution in [0.2, 0.25) is 0 Å². The second kappa shape index (κ2) is 7.38. The number of morpholine rings is 1. The largest absolute Gasteiger partial charge is 0.378 e. The third kappa shape index (κ3) is 4.15. The molecule has 6 heteroatoms. The van der Waals surface area contributed by atoms with Gasteiger partial charge in [0, 0.05) is 37.9 Å². The third-order valence-electron chi connectivity index (χ3n) is 3.47. The minimum absolute atomic E-state index is 0.0274. The van der Waals surface area contributed by atoms with Gasteiger partial charge in [0.25, 0.3) is 0 Å². The first-order chi connectivity index (χ1) is 10.1. The molecule has 2 N–H and O–H groups in total. The summed E-state index contributed by atoms with van der Waals surface area (Å²) in [6.45, 7) is 6.45. The zero-order valence-corrected chi connectivity index (χ0v) is 12.9. The van der Waals surface area contributed by atoms with Gasteiger partial charge in [0.1, 0.15) is 11.9 Å². The van der Waals surface area contributed by atoms with E-state index in [0.29, 0.717) is 19.8 Å². The van der Waals surface area contributed by atoms with Gasteiger partial charge in [0.15, 0.2) is 0 Å². The van der Waals surface area contributed by atoms with Crippen LogP contribution in [-0.4, -0.2) is 54.7 Å². The third-order valence-corrected chi connectivity index (χ3v) is 3.47. The fourth-order valence-corrected chi connectivity index (χ4v) is 2.46. The maximum atomic E-state index is 12.3. The van der Waals surface area contributed by atoms with Crippen LogP contribution in [0.25, 0.3) is 0 Å². The summed E-state index contributed by atoms with van der Waals surface area (Å²) in [6, 6.07) is 3.84. The highest BCUT2D eigenvalue weighted by Gasteiger charge is 2.30. The van der Waals surface area contributed by atoms with E-state index in [1.54, 1.807) is 6.20 Å². The normalized spacial score (nSPS) is 19.5. The minimum Gasteiger partial charge on any atom is -0.378 e. The van der Waals surface area contributed by atoms with Gasteiger partial charge in [0.05, 0.1) is 13.2 Å². The SMILES string of the molecule is CNc1ncccc1CN1CCOCC1C(=O)NC(C)C. The first kappa shape index (κ1) is 15.7. The number of nitrogens with zero attached hydrogens (tertiary/aromatic N) is 2. The second-order valence-electron chi connectivity index (χ2n) is 5.49. The average Bonchev–Trinajstić information content (AvgIpc) is 2.47. The van der Waals surface area contributed by atoms with Gasteiger partial charge >= 0.3 is 0 Å². The summed E-state index contributed by atoms with van der Waals surface area (Å²) in [7, 11) is 1.86. The first-order valence-electron chi connectivity index (χ1n) is 7.35. The predicted octanol–water partition coefficient (Wildman–Crippen LogP) is 0.849. The van der Waals surface area contributed by atoms with Crippen molar-refractivity contribution in [2.75, 3.05) is 32.1 Å². The van der Waals surface area contributed by atoms with E-state index in [2.05, 4.69) is 20.5 Å². The molecule has 6 nitrogen and oxygen atoms in total. The molecule has 1 unspecified atom stereocenters.